The third kappa shape index (κ3) is 4.30. The topological polar surface area (TPSA) is 78.6 Å². The number of hydrogen-bond acceptors (Lipinski definition) is 4. The van der Waals surface area contributed by atoms with Crippen LogP contribution < -0.4 is 11.1 Å². The Labute approximate surface area is 119 Å². The van der Waals surface area contributed by atoms with E-state index >= 15 is 0 Å². The number of rotatable bonds is 5. The molecule has 1 aliphatic rings. The Morgan fingerprint density at radius 3 is 2.60 bits per heavy atom. The summed E-state index contributed by atoms with van der Waals surface area (Å²) >= 11 is 0. The smallest absolute Gasteiger partial charge is 0.234 e. The van der Waals surface area contributed by atoms with Gasteiger partial charge in [-0.2, -0.15) is 0 Å². The van der Waals surface area contributed by atoms with Crippen LogP contribution in [0.4, 0.5) is 0 Å². The highest BCUT2D eigenvalue weighted by atomic mass is 16.3. The molecular formula is C15H23N3O2. The summed E-state index contributed by atoms with van der Waals surface area (Å²) < 4.78 is 0. The van der Waals surface area contributed by atoms with Gasteiger partial charge in [0.05, 0.1) is 19.2 Å². The summed E-state index contributed by atoms with van der Waals surface area (Å²) in [5.41, 5.74) is 6.77. The number of benzene rings is 1. The molecule has 1 amide bonds. The van der Waals surface area contributed by atoms with E-state index in [1.165, 1.54) is 0 Å². The predicted molar refractivity (Wildman–Crippen MR) is 78.1 cm³/mol. The Bertz CT molecular complexity index is 416. The number of hydrogen-bond donors (Lipinski definition) is 3. The van der Waals surface area contributed by atoms with Crippen molar-refractivity contribution in [2.45, 2.75) is 24.9 Å². The maximum Gasteiger partial charge on any atom is 0.234 e. The standard InChI is InChI=1S/C15H23N3O2/c16-13-6-8-18(9-7-13)10-15(20)17-14(11-19)12-4-2-1-3-5-12/h1-5,13-14,19H,6-11,16H2,(H,17,20)/t14-/m0/s1. The second-order valence-electron chi connectivity index (χ2n) is 5.33. The zero-order chi connectivity index (χ0) is 14.4. The van der Waals surface area contributed by atoms with Crippen molar-refractivity contribution >= 4 is 5.91 Å². The summed E-state index contributed by atoms with van der Waals surface area (Å²) in [7, 11) is 0. The van der Waals surface area contributed by atoms with E-state index in [2.05, 4.69) is 10.2 Å². The van der Waals surface area contributed by atoms with Gasteiger partial charge in [-0.25, -0.2) is 0 Å². The summed E-state index contributed by atoms with van der Waals surface area (Å²) in [5, 5.41) is 12.3. The van der Waals surface area contributed by atoms with Crippen LogP contribution >= 0.6 is 0 Å². The number of nitrogens with one attached hydrogen (secondary N) is 1. The van der Waals surface area contributed by atoms with Crippen molar-refractivity contribution in [2.75, 3.05) is 26.2 Å². The molecule has 0 bridgehead atoms. The van der Waals surface area contributed by atoms with Gasteiger partial charge in [-0.3, -0.25) is 9.69 Å². The first-order valence-corrected chi connectivity index (χ1v) is 7.12. The Morgan fingerprint density at radius 2 is 2.00 bits per heavy atom. The lowest BCUT2D eigenvalue weighted by Crippen LogP contribution is -2.45. The van der Waals surface area contributed by atoms with E-state index in [9.17, 15) is 9.90 Å². The third-order valence-corrected chi connectivity index (χ3v) is 3.72. The highest BCUT2D eigenvalue weighted by Crippen LogP contribution is 2.12. The Morgan fingerprint density at radius 1 is 1.35 bits per heavy atom. The predicted octanol–water partition coefficient (Wildman–Crippen LogP) is 0.259. The number of aliphatic hydroxyl groups is 1. The SMILES string of the molecule is NC1CCN(CC(=O)N[C@@H](CO)c2ccccc2)CC1. The lowest BCUT2D eigenvalue weighted by atomic mass is 10.1. The number of aliphatic hydroxyl groups excluding tert-OH is 1. The molecule has 1 aliphatic heterocycles. The third-order valence-electron chi connectivity index (χ3n) is 3.72. The molecule has 2 rings (SSSR count). The van der Waals surface area contributed by atoms with Gasteiger partial charge in [0.15, 0.2) is 0 Å². The number of carbonyl (C=O) groups excluding carboxylic acids is 1. The van der Waals surface area contributed by atoms with Crippen LogP contribution in [-0.4, -0.2) is 48.2 Å². The van der Waals surface area contributed by atoms with E-state index in [1.807, 2.05) is 30.3 Å². The van der Waals surface area contributed by atoms with Gasteiger partial charge in [-0.1, -0.05) is 30.3 Å². The Balaban J connectivity index is 1.84. The molecule has 5 nitrogen and oxygen atoms in total. The maximum absolute atomic E-state index is 12.0. The molecule has 5 heteroatoms. The zero-order valence-corrected chi connectivity index (χ0v) is 11.7. The fraction of sp³-hybridized carbons (Fsp3) is 0.533. The average Bonchev–Trinajstić information content (AvgIpc) is 2.48. The van der Waals surface area contributed by atoms with Crippen LogP contribution in [0, 0.1) is 0 Å². The van der Waals surface area contributed by atoms with Gasteiger partial charge in [0, 0.05) is 19.1 Å². The minimum absolute atomic E-state index is 0.0524. The fourth-order valence-electron chi connectivity index (χ4n) is 2.47. The highest BCUT2D eigenvalue weighted by Gasteiger charge is 2.20. The van der Waals surface area contributed by atoms with Gasteiger partial charge in [-0.05, 0) is 18.4 Å². The van der Waals surface area contributed by atoms with E-state index in [0.29, 0.717) is 6.54 Å². The summed E-state index contributed by atoms with van der Waals surface area (Å²) in [6.45, 7) is 2.00. The van der Waals surface area contributed by atoms with Crippen molar-refractivity contribution in [1.29, 1.82) is 0 Å². The first-order valence-electron chi connectivity index (χ1n) is 7.12. The number of carbonyl (C=O) groups is 1. The molecule has 1 aromatic carbocycles. The van der Waals surface area contributed by atoms with Crippen LogP contribution in [0.3, 0.4) is 0 Å². The van der Waals surface area contributed by atoms with Crippen LogP contribution in [0.25, 0.3) is 0 Å². The molecule has 0 saturated carbocycles. The fourth-order valence-corrected chi connectivity index (χ4v) is 2.47. The van der Waals surface area contributed by atoms with Gasteiger partial charge in [-0.15, -0.1) is 0 Å². The van der Waals surface area contributed by atoms with E-state index in [1.54, 1.807) is 0 Å². The number of likely N-dealkylation sites (tertiary alicyclic amines) is 1. The van der Waals surface area contributed by atoms with Gasteiger partial charge in [0.1, 0.15) is 0 Å². The molecule has 1 saturated heterocycles. The second-order valence-corrected chi connectivity index (χ2v) is 5.33. The highest BCUT2D eigenvalue weighted by molar-refractivity contribution is 5.78. The molecule has 4 N–H and O–H groups in total. The summed E-state index contributed by atoms with van der Waals surface area (Å²) in [4.78, 5) is 14.1. The minimum atomic E-state index is -0.337. The van der Waals surface area contributed by atoms with Gasteiger partial charge in [0.2, 0.25) is 5.91 Å². The van der Waals surface area contributed by atoms with Gasteiger partial charge < -0.3 is 16.2 Å². The lowest BCUT2D eigenvalue weighted by Gasteiger charge is -2.30. The van der Waals surface area contributed by atoms with Crippen molar-refractivity contribution in [3.8, 4) is 0 Å². The molecule has 110 valence electrons. The van der Waals surface area contributed by atoms with Crippen molar-refractivity contribution in [3.05, 3.63) is 35.9 Å². The van der Waals surface area contributed by atoms with Crippen LogP contribution in [0.15, 0.2) is 30.3 Å². The molecule has 1 fully saturated rings. The largest absolute Gasteiger partial charge is 0.394 e. The molecule has 0 unspecified atom stereocenters. The Kier molecular flexibility index (Phi) is 5.52. The first kappa shape index (κ1) is 15.0. The average molecular weight is 277 g/mol. The van der Waals surface area contributed by atoms with Crippen molar-refractivity contribution in [3.63, 3.8) is 0 Å². The first-order chi connectivity index (χ1) is 9.69. The van der Waals surface area contributed by atoms with Gasteiger partial charge in [0.25, 0.3) is 0 Å². The number of nitrogens with zero attached hydrogens (tertiary/aromatic N) is 1. The monoisotopic (exact) mass is 277 g/mol. The van der Waals surface area contributed by atoms with Crippen LogP contribution in [0.2, 0.25) is 0 Å². The Hall–Kier alpha value is -1.43. The van der Waals surface area contributed by atoms with E-state index in [4.69, 9.17) is 5.73 Å². The molecule has 20 heavy (non-hydrogen) atoms. The normalized spacial score (nSPS) is 18.7. The van der Waals surface area contributed by atoms with Gasteiger partial charge >= 0.3 is 0 Å². The summed E-state index contributed by atoms with van der Waals surface area (Å²) in [6.07, 6.45) is 1.88. The van der Waals surface area contributed by atoms with Crippen LogP contribution in [0.5, 0.6) is 0 Å². The molecule has 0 radical (unpaired) electrons. The van der Waals surface area contributed by atoms with Crippen molar-refractivity contribution < 1.29 is 9.90 Å². The van der Waals surface area contributed by atoms with E-state index in [-0.39, 0.29) is 24.6 Å². The molecule has 0 spiro atoms. The number of nitrogens with two attached hydrogens (primary N) is 1. The summed E-state index contributed by atoms with van der Waals surface area (Å²) in [5.74, 6) is -0.0524. The minimum Gasteiger partial charge on any atom is -0.394 e. The molecule has 1 atom stereocenters. The second kappa shape index (κ2) is 7.38. The van der Waals surface area contributed by atoms with Crippen molar-refractivity contribution in [2.24, 2.45) is 5.73 Å². The molecule has 1 aromatic rings. The lowest BCUT2D eigenvalue weighted by molar-refractivity contribution is -0.123. The molecule has 0 aromatic heterocycles. The van der Waals surface area contributed by atoms with Crippen molar-refractivity contribution in [1.82, 2.24) is 10.2 Å². The maximum atomic E-state index is 12.0. The number of amides is 1. The zero-order valence-electron chi connectivity index (χ0n) is 11.7. The molecular weight excluding hydrogens is 254 g/mol. The quantitative estimate of drug-likeness (QED) is 0.721. The molecule has 1 heterocycles. The summed E-state index contributed by atoms with van der Waals surface area (Å²) in [6, 6.07) is 9.45. The van der Waals surface area contributed by atoms with Crippen LogP contribution in [0.1, 0.15) is 24.4 Å². The molecule has 0 aliphatic carbocycles. The van der Waals surface area contributed by atoms with Crippen LogP contribution in [-0.2, 0) is 4.79 Å². The number of piperidine rings is 1. The van der Waals surface area contributed by atoms with E-state index in [0.717, 1.165) is 31.5 Å². The van der Waals surface area contributed by atoms with E-state index < -0.39 is 0 Å².